The Morgan fingerprint density at radius 3 is 2.33 bits per heavy atom. The lowest BCUT2D eigenvalue weighted by atomic mass is 10.5. The van der Waals surface area contributed by atoms with Gasteiger partial charge in [0.15, 0.2) is 6.29 Å². The average molecular weight is 152 g/mol. The van der Waals surface area contributed by atoms with Crippen molar-refractivity contribution in [1.82, 2.24) is 0 Å². The highest BCUT2D eigenvalue weighted by molar-refractivity contribution is 7.99. The Kier molecular flexibility index (Phi) is 6.51. The molecule has 0 spiro atoms. The molecule has 0 unspecified atom stereocenters. The molecule has 0 aliphatic rings. The number of rotatable bonds is 5. The lowest BCUT2D eigenvalue weighted by molar-refractivity contribution is -0.0404. The van der Waals surface area contributed by atoms with E-state index in [-0.39, 0.29) is 6.61 Å². The SMILES string of the molecule is OCCSCCC(O)O. The van der Waals surface area contributed by atoms with Crippen molar-refractivity contribution >= 4 is 11.8 Å². The van der Waals surface area contributed by atoms with Crippen molar-refractivity contribution < 1.29 is 15.3 Å². The van der Waals surface area contributed by atoms with Gasteiger partial charge in [0.05, 0.1) is 6.61 Å². The second-order valence-corrected chi connectivity index (χ2v) is 2.83. The van der Waals surface area contributed by atoms with Crippen LogP contribution < -0.4 is 0 Å². The molecule has 0 aliphatic carbocycles. The summed E-state index contributed by atoms with van der Waals surface area (Å²) in [6, 6.07) is 0. The van der Waals surface area contributed by atoms with Crippen LogP contribution in [-0.4, -0.2) is 39.7 Å². The largest absolute Gasteiger partial charge is 0.396 e. The predicted octanol–water partition coefficient (Wildman–Crippen LogP) is -0.587. The average Bonchev–Trinajstić information content (AvgIpc) is 1.80. The minimum Gasteiger partial charge on any atom is -0.396 e. The van der Waals surface area contributed by atoms with Crippen molar-refractivity contribution in [2.24, 2.45) is 0 Å². The van der Waals surface area contributed by atoms with Crippen LogP contribution in [0.4, 0.5) is 0 Å². The van der Waals surface area contributed by atoms with E-state index >= 15 is 0 Å². The fourth-order valence-electron chi connectivity index (χ4n) is 0.355. The number of hydrogen-bond donors (Lipinski definition) is 3. The van der Waals surface area contributed by atoms with Gasteiger partial charge in [-0.2, -0.15) is 11.8 Å². The molecule has 0 saturated carbocycles. The van der Waals surface area contributed by atoms with Crippen LogP contribution in [0.2, 0.25) is 0 Å². The summed E-state index contributed by atoms with van der Waals surface area (Å²) in [5, 5.41) is 24.9. The molecule has 0 atom stereocenters. The first-order chi connectivity index (χ1) is 4.27. The molecule has 3 N–H and O–H groups in total. The van der Waals surface area contributed by atoms with Crippen LogP contribution in [-0.2, 0) is 0 Å². The summed E-state index contributed by atoms with van der Waals surface area (Å²) >= 11 is 1.51. The number of thioether (sulfide) groups is 1. The van der Waals surface area contributed by atoms with Crippen LogP contribution in [0.3, 0.4) is 0 Å². The van der Waals surface area contributed by atoms with Crippen molar-refractivity contribution in [3.63, 3.8) is 0 Å². The molecule has 0 bridgehead atoms. The molecule has 3 nitrogen and oxygen atoms in total. The predicted molar refractivity (Wildman–Crippen MR) is 37.3 cm³/mol. The zero-order valence-electron chi connectivity index (χ0n) is 5.16. The molecule has 0 rings (SSSR count). The summed E-state index contributed by atoms with van der Waals surface area (Å²) < 4.78 is 0. The quantitative estimate of drug-likeness (QED) is 0.364. The molecule has 0 aromatic carbocycles. The molecule has 0 aromatic rings. The lowest BCUT2D eigenvalue weighted by Crippen LogP contribution is -2.05. The molecule has 9 heavy (non-hydrogen) atoms. The smallest absolute Gasteiger partial charge is 0.152 e. The Morgan fingerprint density at radius 2 is 1.89 bits per heavy atom. The molecule has 4 heteroatoms. The molecule has 0 saturated heterocycles. The highest BCUT2D eigenvalue weighted by atomic mass is 32.2. The first-order valence-electron chi connectivity index (χ1n) is 2.82. The Hall–Kier alpha value is 0.230. The van der Waals surface area contributed by atoms with Gasteiger partial charge in [-0.05, 0) is 5.75 Å². The van der Waals surface area contributed by atoms with Gasteiger partial charge in [0.25, 0.3) is 0 Å². The molecule has 0 heterocycles. The molecule has 0 aliphatic heterocycles. The third kappa shape index (κ3) is 8.23. The molecule has 0 radical (unpaired) electrons. The third-order valence-electron chi connectivity index (χ3n) is 0.756. The van der Waals surface area contributed by atoms with E-state index in [4.69, 9.17) is 15.3 Å². The standard InChI is InChI=1S/C5H12O3S/c6-2-4-9-3-1-5(7)8/h5-8H,1-4H2. The van der Waals surface area contributed by atoms with E-state index in [1.54, 1.807) is 0 Å². The summed E-state index contributed by atoms with van der Waals surface area (Å²) in [6.07, 6.45) is -0.818. The van der Waals surface area contributed by atoms with Crippen LogP contribution >= 0.6 is 11.8 Å². The summed E-state index contributed by atoms with van der Waals surface area (Å²) in [5.74, 6) is 1.37. The van der Waals surface area contributed by atoms with Crippen molar-refractivity contribution in [1.29, 1.82) is 0 Å². The number of aliphatic hydroxyl groups is 3. The Labute approximate surface area is 58.7 Å². The van der Waals surface area contributed by atoms with Crippen molar-refractivity contribution in [2.75, 3.05) is 18.1 Å². The highest BCUT2D eigenvalue weighted by Crippen LogP contribution is 2.01. The lowest BCUT2D eigenvalue weighted by Gasteiger charge is -2.00. The summed E-state index contributed by atoms with van der Waals surface area (Å²) in [5.41, 5.74) is 0. The van der Waals surface area contributed by atoms with Gasteiger partial charge < -0.3 is 15.3 Å². The van der Waals surface area contributed by atoms with Crippen LogP contribution in [0.25, 0.3) is 0 Å². The number of aliphatic hydroxyl groups excluding tert-OH is 2. The van der Waals surface area contributed by atoms with Gasteiger partial charge in [0.1, 0.15) is 0 Å². The Bertz CT molecular complexity index is 58.2. The maximum Gasteiger partial charge on any atom is 0.152 e. The molecular weight excluding hydrogens is 140 g/mol. The molecule has 0 aromatic heterocycles. The van der Waals surface area contributed by atoms with E-state index in [1.807, 2.05) is 0 Å². The highest BCUT2D eigenvalue weighted by Gasteiger charge is 1.95. The van der Waals surface area contributed by atoms with Crippen LogP contribution in [0, 0.1) is 0 Å². The van der Waals surface area contributed by atoms with Crippen LogP contribution in [0.5, 0.6) is 0 Å². The normalized spacial score (nSPS) is 10.7. The van der Waals surface area contributed by atoms with Crippen molar-refractivity contribution in [2.45, 2.75) is 12.7 Å². The molecule has 56 valence electrons. The van der Waals surface area contributed by atoms with Gasteiger partial charge in [-0.25, -0.2) is 0 Å². The van der Waals surface area contributed by atoms with E-state index < -0.39 is 6.29 Å². The zero-order valence-corrected chi connectivity index (χ0v) is 5.97. The summed E-state index contributed by atoms with van der Waals surface area (Å²) in [4.78, 5) is 0. The Balaban J connectivity index is 2.75. The van der Waals surface area contributed by atoms with Gasteiger partial charge in [-0.1, -0.05) is 0 Å². The summed E-state index contributed by atoms with van der Waals surface area (Å²) in [7, 11) is 0. The molecule has 0 amide bonds. The van der Waals surface area contributed by atoms with E-state index in [0.29, 0.717) is 17.9 Å². The van der Waals surface area contributed by atoms with E-state index in [0.717, 1.165) is 0 Å². The van der Waals surface area contributed by atoms with Crippen molar-refractivity contribution in [3.05, 3.63) is 0 Å². The van der Waals surface area contributed by atoms with Crippen LogP contribution in [0.1, 0.15) is 6.42 Å². The maximum atomic E-state index is 8.33. The van der Waals surface area contributed by atoms with Crippen LogP contribution in [0.15, 0.2) is 0 Å². The molecule has 0 fully saturated rings. The van der Waals surface area contributed by atoms with Gasteiger partial charge in [-0.3, -0.25) is 0 Å². The van der Waals surface area contributed by atoms with E-state index in [2.05, 4.69) is 0 Å². The Morgan fingerprint density at radius 1 is 1.22 bits per heavy atom. The summed E-state index contributed by atoms with van der Waals surface area (Å²) in [6.45, 7) is 0.159. The van der Waals surface area contributed by atoms with E-state index in [9.17, 15) is 0 Å². The van der Waals surface area contributed by atoms with Crippen molar-refractivity contribution in [3.8, 4) is 0 Å². The monoisotopic (exact) mass is 152 g/mol. The fourth-order valence-corrected chi connectivity index (χ4v) is 1.07. The van der Waals surface area contributed by atoms with E-state index in [1.165, 1.54) is 11.8 Å². The van der Waals surface area contributed by atoms with Gasteiger partial charge in [0.2, 0.25) is 0 Å². The minimum atomic E-state index is -1.20. The van der Waals surface area contributed by atoms with Gasteiger partial charge in [0, 0.05) is 12.2 Å². The minimum absolute atomic E-state index is 0.159. The second kappa shape index (κ2) is 6.35. The third-order valence-corrected chi connectivity index (χ3v) is 1.75. The van der Waals surface area contributed by atoms with Gasteiger partial charge >= 0.3 is 0 Å². The first-order valence-corrected chi connectivity index (χ1v) is 3.97. The number of hydrogen-bond acceptors (Lipinski definition) is 4. The maximum absolute atomic E-state index is 8.33. The second-order valence-electron chi connectivity index (χ2n) is 1.61. The first kappa shape index (κ1) is 9.23. The molecular formula is C5H12O3S. The van der Waals surface area contributed by atoms with Gasteiger partial charge in [-0.15, -0.1) is 0 Å². The zero-order chi connectivity index (χ0) is 7.11. The fraction of sp³-hybridized carbons (Fsp3) is 1.00. The topological polar surface area (TPSA) is 60.7 Å².